The standard InChI is InChI=1S/C26H27ClN2O4S/c1-2-3-4-5-12-34(33)23-14-19(13-20(15-23)26(31)32)25(30)24-11-10-22(17-29-24)28-16-18-6-8-21(27)9-7-18/h6-11,13-15,17,28H,2-5,12,16H2,1H3,(H,31,32). The number of carbonyl (C=O) groups excluding carboxylic acids is 1. The molecular formula is C26H27ClN2O4S. The van der Waals surface area contributed by atoms with E-state index in [2.05, 4.69) is 17.2 Å². The number of nitrogens with one attached hydrogen (secondary N) is 1. The molecule has 0 aliphatic carbocycles. The minimum Gasteiger partial charge on any atom is -0.611 e. The molecule has 178 valence electrons. The van der Waals surface area contributed by atoms with Crippen LogP contribution in [0.3, 0.4) is 0 Å². The van der Waals surface area contributed by atoms with Gasteiger partial charge in [0.05, 0.1) is 17.4 Å². The van der Waals surface area contributed by atoms with E-state index >= 15 is 0 Å². The highest BCUT2D eigenvalue weighted by Gasteiger charge is 2.20. The van der Waals surface area contributed by atoms with Crippen LogP contribution in [0.15, 0.2) is 65.7 Å². The van der Waals surface area contributed by atoms with Crippen LogP contribution in [0.4, 0.5) is 5.69 Å². The summed E-state index contributed by atoms with van der Waals surface area (Å²) in [5.74, 6) is -1.16. The maximum atomic E-state index is 13.0. The van der Waals surface area contributed by atoms with Crippen molar-refractivity contribution in [3.63, 3.8) is 0 Å². The molecule has 8 heteroatoms. The Morgan fingerprint density at radius 2 is 1.76 bits per heavy atom. The van der Waals surface area contributed by atoms with Crippen LogP contribution in [0.1, 0.15) is 64.6 Å². The number of halogens is 1. The molecule has 2 N–H and O–H groups in total. The van der Waals surface area contributed by atoms with Crippen LogP contribution < -0.4 is 5.32 Å². The number of carboxylic acid groups (broad SMARTS) is 1. The fourth-order valence-electron chi connectivity index (χ4n) is 3.35. The molecule has 0 bridgehead atoms. The number of hydrogen-bond donors (Lipinski definition) is 2. The van der Waals surface area contributed by atoms with Gasteiger partial charge in [-0.05, 0) is 59.9 Å². The number of pyridine rings is 1. The molecule has 1 aromatic heterocycles. The summed E-state index contributed by atoms with van der Waals surface area (Å²) in [6, 6.07) is 15.0. The van der Waals surface area contributed by atoms with Crippen LogP contribution in [-0.2, 0) is 17.7 Å². The number of anilines is 1. The molecule has 3 rings (SSSR count). The van der Waals surface area contributed by atoms with E-state index in [-0.39, 0.29) is 16.8 Å². The van der Waals surface area contributed by atoms with E-state index in [0.717, 1.165) is 36.9 Å². The Balaban J connectivity index is 1.72. The summed E-state index contributed by atoms with van der Waals surface area (Å²) in [7, 11) is 0. The Morgan fingerprint density at radius 3 is 2.41 bits per heavy atom. The number of benzene rings is 2. The van der Waals surface area contributed by atoms with Gasteiger partial charge >= 0.3 is 5.97 Å². The Hall–Kier alpha value is -2.87. The van der Waals surface area contributed by atoms with Crippen molar-refractivity contribution < 1.29 is 19.2 Å². The summed E-state index contributed by atoms with van der Waals surface area (Å²) in [6.07, 6.45) is 5.44. The van der Waals surface area contributed by atoms with Crippen molar-refractivity contribution in [2.75, 3.05) is 11.1 Å². The first kappa shape index (κ1) is 25.7. The Labute approximate surface area is 207 Å². The number of nitrogens with zero attached hydrogens (tertiary/aromatic N) is 1. The second kappa shape index (κ2) is 12.6. The lowest BCUT2D eigenvalue weighted by atomic mass is 10.0. The van der Waals surface area contributed by atoms with Gasteiger partial charge in [-0.2, -0.15) is 0 Å². The van der Waals surface area contributed by atoms with Gasteiger partial charge in [-0.3, -0.25) is 9.78 Å². The SMILES string of the molecule is CCCCCC[S+]([O-])c1cc(C(=O)O)cc(C(=O)c2ccc(NCc3ccc(Cl)cc3)cn2)c1. The van der Waals surface area contributed by atoms with Crippen molar-refractivity contribution in [3.8, 4) is 0 Å². The summed E-state index contributed by atoms with van der Waals surface area (Å²) < 4.78 is 12.7. The van der Waals surface area contributed by atoms with E-state index in [1.54, 1.807) is 18.3 Å². The molecular weight excluding hydrogens is 472 g/mol. The van der Waals surface area contributed by atoms with Crippen molar-refractivity contribution >= 4 is 40.2 Å². The van der Waals surface area contributed by atoms with Crippen molar-refractivity contribution in [1.29, 1.82) is 0 Å². The van der Waals surface area contributed by atoms with Crippen LogP contribution in [0.25, 0.3) is 0 Å². The number of unbranched alkanes of at least 4 members (excludes halogenated alkanes) is 3. The second-order valence-electron chi connectivity index (χ2n) is 7.90. The van der Waals surface area contributed by atoms with Gasteiger partial charge in [0.1, 0.15) is 11.4 Å². The van der Waals surface area contributed by atoms with E-state index in [1.165, 1.54) is 18.2 Å². The number of carboxylic acids is 1. The molecule has 1 unspecified atom stereocenters. The van der Waals surface area contributed by atoms with Gasteiger partial charge in [0.2, 0.25) is 5.78 Å². The summed E-state index contributed by atoms with van der Waals surface area (Å²) in [5, 5.41) is 13.4. The van der Waals surface area contributed by atoms with Crippen molar-refractivity contribution in [3.05, 3.63) is 88.2 Å². The monoisotopic (exact) mass is 498 g/mol. The molecule has 0 aliphatic rings. The van der Waals surface area contributed by atoms with Crippen LogP contribution in [0.2, 0.25) is 5.02 Å². The minimum atomic E-state index is -1.38. The van der Waals surface area contributed by atoms with Crippen LogP contribution in [0, 0.1) is 0 Å². The van der Waals surface area contributed by atoms with Gasteiger partial charge in [-0.25, -0.2) is 4.79 Å². The predicted octanol–water partition coefficient (Wildman–Crippen LogP) is 5.96. The smallest absolute Gasteiger partial charge is 0.335 e. The number of rotatable bonds is 12. The van der Waals surface area contributed by atoms with E-state index < -0.39 is 22.9 Å². The Kier molecular flexibility index (Phi) is 9.51. The molecule has 0 fully saturated rings. The van der Waals surface area contributed by atoms with Crippen LogP contribution in [-0.4, -0.2) is 32.1 Å². The van der Waals surface area contributed by atoms with E-state index in [1.807, 2.05) is 24.3 Å². The fourth-order valence-corrected chi connectivity index (χ4v) is 4.69. The van der Waals surface area contributed by atoms with Crippen LogP contribution in [0.5, 0.6) is 0 Å². The highest BCUT2D eigenvalue weighted by atomic mass is 35.5. The number of ketones is 1. The normalized spacial score (nSPS) is 11.7. The molecule has 0 amide bonds. The molecule has 0 aliphatic heterocycles. The van der Waals surface area contributed by atoms with Crippen molar-refractivity contribution in [2.45, 2.75) is 44.0 Å². The fraction of sp³-hybridized carbons (Fsp3) is 0.269. The van der Waals surface area contributed by atoms with Gasteiger partial charge < -0.3 is 15.0 Å². The van der Waals surface area contributed by atoms with Crippen LogP contribution >= 0.6 is 11.6 Å². The highest BCUT2D eigenvalue weighted by molar-refractivity contribution is 7.91. The molecule has 3 aromatic rings. The molecule has 1 heterocycles. The molecule has 1 atom stereocenters. The van der Waals surface area contributed by atoms with E-state index in [0.29, 0.717) is 22.2 Å². The topological polar surface area (TPSA) is 102 Å². The first-order chi connectivity index (χ1) is 16.4. The quantitative estimate of drug-likeness (QED) is 0.181. The van der Waals surface area contributed by atoms with Gasteiger partial charge in [0.25, 0.3) is 0 Å². The Bertz CT molecular complexity index is 1120. The third-order valence-corrected chi connectivity index (χ3v) is 6.94. The van der Waals surface area contributed by atoms with Crippen molar-refractivity contribution in [1.82, 2.24) is 4.98 Å². The molecule has 2 aromatic carbocycles. The molecule has 0 radical (unpaired) electrons. The first-order valence-corrected chi connectivity index (χ1v) is 12.8. The largest absolute Gasteiger partial charge is 0.611 e. The number of aromatic nitrogens is 1. The second-order valence-corrected chi connectivity index (χ2v) is 9.91. The van der Waals surface area contributed by atoms with Crippen molar-refractivity contribution in [2.24, 2.45) is 0 Å². The summed E-state index contributed by atoms with van der Waals surface area (Å²) >= 11 is 4.53. The van der Waals surface area contributed by atoms with Gasteiger partial charge in [-0.1, -0.05) is 43.5 Å². The van der Waals surface area contributed by atoms with Gasteiger partial charge in [-0.15, -0.1) is 0 Å². The summed E-state index contributed by atoms with van der Waals surface area (Å²) in [6.45, 7) is 2.67. The third kappa shape index (κ3) is 7.32. The third-order valence-electron chi connectivity index (χ3n) is 5.27. The maximum Gasteiger partial charge on any atom is 0.335 e. The molecule has 0 spiro atoms. The minimum absolute atomic E-state index is 0.0657. The molecule has 34 heavy (non-hydrogen) atoms. The lowest BCUT2D eigenvalue weighted by Gasteiger charge is -2.12. The summed E-state index contributed by atoms with van der Waals surface area (Å²) in [5.41, 5.74) is 2.05. The number of hydrogen-bond acceptors (Lipinski definition) is 5. The van der Waals surface area contributed by atoms with E-state index in [9.17, 15) is 19.2 Å². The van der Waals surface area contributed by atoms with Gasteiger partial charge in [0, 0.05) is 29.3 Å². The van der Waals surface area contributed by atoms with Gasteiger partial charge in [0.15, 0.2) is 4.90 Å². The number of carbonyl (C=O) groups is 2. The summed E-state index contributed by atoms with van der Waals surface area (Å²) in [4.78, 5) is 29.2. The Morgan fingerprint density at radius 1 is 1.03 bits per heavy atom. The number of aromatic carboxylic acids is 1. The lowest BCUT2D eigenvalue weighted by molar-refractivity contribution is 0.0696. The molecule has 0 saturated heterocycles. The molecule has 0 saturated carbocycles. The predicted molar refractivity (Wildman–Crippen MR) is 135 cm³/mol. The zero-order valence-electron chi connectivity index (χ0n) is 18.9. The average molecular weight is 499 g/mol. The zero-order valence-corrected chi connectivity index (χ0v) is 20.5. The lowest BCUT2D eigenvalue weighted by Crippen LogP contribution is -2.12. The molecule has 6 nitrogen and oxygen atoms in total. The highest BCUT2D eigenvalue weighted by Crippen LogP contribution is 2.21. The maximum absolute atomic E-state index is 13.0. The zero-order chi connectivity index (χ0) is 24.5. The van der Waals surface area contributed by atoms with E-state index in [4.69, 9.17) is 11.6 Å². The first-order valence-electron chi connectivity index (χ1n) is 11.1. The average Bonchev–Trinajstić information content (AvgIpc) is 2.85.